The summed E-state index contributed by atoms with van der Waals surface area (Å²) in [4.78, 5) is 16.2. The summed E-state index contributed by atoms with van der Waals surface area (Å²) in [6, 6.07) is 6.99. The third-order valence-electron chi connectivity index (χ3n) is 3.70. The van der Waals surface area contributed by atoms with E-state index in [4.69, 9.17) is 0 Å². The van der Waals surface area contributed by atoms with Gasteiger partial charge in [0.25, 0.3) is 5.91 Å². The van der Waals surface area contributed by atoms with E-state index in [1.807, 2.05) is 38.1 Å². The van der Waals surface area contributed by atoms with Gasteiger partial charge in [0, 0.05) is 43.7 Å². The van der Waals surface area contributed by atoms with E-state index in [0.717, 1.165) is 5.69 Å². The van der Waals surface area contributed by atoms with Crippen LogP contribution in [0.2, 0.25) is 0 Å². The van der Waals surface area contributed by atoms with Crippen molar-refractivity contribution in [3.8, 4) is 0 Å². The first-order chi connectivity index (χ1) is 10.2. The van der Waals surface area contributed by atoms with Crippen LogP contribution in [0, 0.1) is 0 Å². The molecule has 5 nitrogen and oxygen atoms in total. The maximum Gasteiger partial charge on any atom is 0.254 e. The zero-order valence-corrected chi connectivity index (χ0v) is 14.9. The molecule has 1 amide bonds. The number of benzene rings is 1. The minimum absolute atomic E-state index is 0.00113. The van der Waals surface area contributed by atoms with Crippen molar-refractivity contribution in [2.45, 2.75) is 26.8 Å². The summed E-state index contributed by atoms with van der Waals surface area (Å²) in [5.41, 5.74) is 1.59. The predicted molar refractivity (Wildman–Crippen MR) is 91.3 cm³/mol. The van der Waals surface area contributed by atoms with Gasteiger partial charge in [-0.1, -0.05) is 6.92 Å². The summed E-state index contributed by atoms with van der Waals surface area (Å²) in [6.45, 7) is 5.75. The van der Waals surface area contributed by atoms with Gasteiger partial charge < -0.3 is 9.80 Å². The van der Waals surface area contributed by atoms with Crippen LogP contribution in [0.25, 0.3) is 0 Å². The molecule has 22 heavy (non-hydrogen) atoms. The molecule has 1 aromatic carbocycles. The van der Waals surface area contributed by atoms with Crippen molar-refractivity contribution in [2.24, 2.45) is 0 Å². The average Bonchev–Trinajstić information content (AvgIpc) is 2.47. The van der Waals surface area contributed by atoms with E-state index in [9.17, 15) is 13.2 Å². The molecule has 0 aromatic heterocycles. The SMILES string of the molecule is CCN(C(=O)c1ccc(N(C)C)cc1)C(C)CS(=O)(=O)CC. The minimum Gasteiger partial charge on any atom is -0.378 e. The van der Waals surface area contributed by atoms with Crippen molar-refractivity contribution < 1.29 is 13.2 Å². The molecule has 0 aliphatic rings. The zero-order valence-electron chi connectivity index (χ0n) is 14.0. The maximum absolute atomic E-state index is 12.6. The zero-order chi connectivity index (χ0) is 16.9. The van der Waals surface area contributed by atoms with Crippen LogP contribution in [-0.4, -0.2) is 57.4 Å². The summed E-state index contributed by atoms with van der Waals surface area (Å²) in [5.74, 6) is -0.0361. The number of anilines is 1. The lowest BCUT2D eigenvalue weighted by atomic mass is 10.1. The normalized spacial score (nSPS) is 12.8. The fraction of sp³-hybridized carbons (Fsp3) is 0.562. The molecule has 1 unspecified atom stereocenters. The first-order valence-electron chi connectivity index (χ1n) is 7.50. The van der Waals surface area contributed by atoms with Crippen molar-refractivity contribution in [2.75, 3.05) is 37.0 Å². The highest BCUT2D eigenvalue weighted by Crippen LogP contribution is 2.15. The Morgan fingerprint density at radius 3 is 2.09 bits per heavy atom. The first-order valence-corrected chi connectivity index (χ1v) is 9.32. The third-order valence-corrected chi connectivity index (χ3v) is 5.57. The van der Waals surface area contributed by atoms with E-state index in [1.54, 1.807) is 30.9 Å². The van der Waals surface area contributed by atoms with E-state index >= 15 is 0 Å². The Labute approximate surface area is 133 Å². The molecule has 0 radical (unpaired) electrons. The molecule has 1 rings (SSSR count). The van der Waals surface area contributed by atoms with E-state index in [2.05, 4.69) is 0 Å². The van der Waals surface area contributed by atoms with Gasteiger partial charge in [-0.2, -0.15) is 0 Å². The number of amides is 1. The number of hydrogen-bond donors (Lipinski definition) is 0. The molecule has 0 aliphatic heterocycles. The van der Waals surface area contributed by atoms with Crippen molar-refractivity contribution in [3.63, 3.8) is 0 Å². The molecule has 6 heteroatoms. The molecule has 124 valence electrons. The molecule has 0 saturated carbocycles. The Balaban J connectivity index is 2.92. The molecular formula is C16H26N2O3S. The maximum atomic E-state index is 12.6. The Morgan fingerprint density at radius 1 is 1.14 bits per heavy atom. The summed E-state index contributed by atoms with van der Waals surface area (Å²) < 4.78 is 23.5. The largest absolute Gasteiger partial charge is 0.378 e. The lowest BCUT2D eigenvalue weighted by molar-refractivity contribution is 0.0719. The van der Waals surface area contributed by atoms with E-state index in [1.165, 1.54) is 0 Å². The molecule has 0 fully saturated rings. The fourth-order valence-corrected chi connectivity index (χ4v) is 3.45. The van der Waals surface area contributed by atoms with Gasteiger partial charge in [0.2, 0.25) is 0 Å². The molecule has 0 heterocycles. The molecule has 0 spiro atoms. The summed E-state index contributed by atoms with van der Waals surface area (Å²) in [7, 11) is 0.767. The van der Waals surface area contributed by atoms with Gasteiger partial charge in [-0.05, 0) is 38.1 Å². The number of sulfone groups is 1. The highest BCUT2D eigenvalue weighted by Gasteiger charge is 2.24. The van der Waals surface area contributed by atoms with E-state index in [0.29, 0.717) is 12.1 Å². The van der Waals surface area contributed by atoms with Gasteiger partial charge in [-0.15, -0.1) is 0 Å². The Bertz CT molecular complexity index is 594. The second-order valence-electron chi connectivity index (χ2n) is 5.58. The van der Waals surface area contributed by atoms with Crippen LogP contribution in [0.5, 0.6) is 0 Å². The first kappa shape index (κ1) is 18.5. The monoisotopic (exact) mass is 326 g/mol. The second-order valence-corrected chi connectivity index (χ2v) is 7.98. The molecule has 0 saturated heterocycles. The van der Waals surface area contributed by atoms with Gasteiger partial charge in [0.15, 0.2) is 9.84 Å². The number of carbonyl (C=O) groups is 1. The minimum atomic E-state index is -3.11. The van der Waals surface area contributed by atoms with Gasteiger partial charge in [-0.25, -0.2) is 8.42 Å². The smallest absolute Gasteiger partial charge is 0.254 e. The third kappa shape index (κ3) is 4.73. The van der Waals surface area contributed by atoms with Crippen molar-refractivity contribution in [1.82, 2.24) is 4.90 Å². The van der Waals surface area contributed by atoms with Crippen LogP contribution in [-0.2, 0) is 9.84 Å². The van der Waals surface area contributed by atoms with E-state index < -0.39 is 9.84 Å². The number of carbonyl (C=O) groups excluding carboxylic acids is 1. The highest BCUT2D eigenvalue weighted by atomic mass is 32.2. The Morgan fingerprint density at radius 2 is 1.68 bits per heavy atom. The van der Waals surface area contributed by atoms with Gasteiger partial charge in [0.1, 0.15) is 0 Å². The van der Waals surface area contributed by atoms with Crippen molar-refractivity contribution >= 4 is 21.4 Å². The van der Waals surface area contributed by atoms with Crippen LogP contribution < -0.4 is 4.90 Å². The predicted octanol–water partition coefficient (Wildman–Crippen LogP) is 2.04. The van der Waals surface area contributed by atoms with Gasteiger partial charge >= 0.3 is 0 Å². The molecule has 0 N–H and O–H groups in total. The van der Waals surface area contributed by atoms with Crippen molar-refractivity contribution in [3.05, 3.63) is 29.8 Å². The van der Waals surface area contributed by atoms with E-state index in [-0.39, 0.29) is 23.5 Å². The Kier molecular flexibility index (Phi) is 6.41. The fourth-order valence-electron chi connectivity index (χ4n) is 2.30. The van der Waals surface area contributed by atoms with Crippen LogP contribution >= 0.6 is 0 Å². The summed E-state index contributed by atoms with van der Waals surface area (Å²) in [6.07, 6.45) is 0. The van der Waals surface area contributed by atoms with Gasteiger partial charge in [-0.3, -0.25) is 4.79 Å². The standard InChI is InChI=1S/C16H26N2O3S/c1-6-18(13(3)12-22(20,21)7-2)16(19)14-8-10-15(11-9-14)17(4)5/h8-11,13H,6-7,12H2,1-5H3. The molecule has 1 aromatic rings. The van der Waals surface area contributed by atoms with Crippen LogP contribution in [0.1, 0.15) is 31.1 Å². The van der Waals surface area contributed by atoms with Crippen molar-refractivity contribution in [1.29, 1.82) is 0 Å². The van der Waals surface area contributed by atoms with Gasteiger partial charge in [0.05, 0.1) is 5.75 Å². The number of rotatable bonds is 7. The summed E-state index contributed by atoms with van der Waals surface area (Å²) >= 11 is 0. The molecule has 1 atom stereocenters. The average molecular weight is 326 g/mol. The van der Waals surface area contributed by atoms with Crippen LogP contribution in [0.4, 0.5) is 5.69 Å². The number of hydrogen-bond acceptors (Lipinski definition) is 4. The topological polar surface area (TPSA) is 57.7 Å². The second kappa shape index (κ2) is 7.63. The quantitative estimate of drug-likeness (QED) is 0.769. The van der Waals surface area contributed by atoms with Crippen LogP contribution in [0.15, 0.2) is 24.3 Å². The van der Waals surface area contributed by atoms with Crippen LogP contribution in [0.3, 0.4) is 0 Å². The lowest BCUT2D eigenvalue weighted by Crippen LogP contribution is -2.42. The molecule has 0 aliphatic carbocycles. The lowest BCUT2D eigenvalue weighted by Gasteiger charge is -2.28. The Hall–Kier alpha value is -1.56. The number of nitrogens with zero attached hydrogens (tertiary/aromatic N) is 2. The summed E-state index contributed by atoms with van der Waals surface area (Å²) in [5, 5.41) is 0. The molecular weight excluding hydrogens is 300 g/mol. The highest BCUT2D eigenvalue weighted by molar-refractivity contribution is 7.91. The molecule has 0 bridgehead atoms.